The molecule has 0 aromatic rings. The maximum absolute atomic E-state index is 8.93. The van der Waals surface area contributed by atoms with Crippen molar-refractivity contribution in [1.82, 2.24) is 0 Å². The minimum absolute atomic E-state index is 0.447. The van der Waals surface area contributed by atoms with Gasteiger partial charge in [0.1, 0.15) is 12.1 Å². The van der Waals surface area contributed by atoms with Crippen molar-refractivity contribution in [2.45, 2.75) is 6.42 Å². The summed E-state index contributed by atoms with van der Waals surface area (Å²) >= 11 is 0. The van der Waals surface area contributed by atoms with Gasteiger partial charge in [0, 0.05) is 0 Å². The van der Waals surface area contributed by atoms with Crippen LogP contribution in [0.3, 0.4) is 0 Å². The second-order valence-electron chi connectivity index (χ2n) is 3.38. The number of allylic oxidation sites excluding steroid dienone is 10. The maximum Gasteiger partial charge on any atom is 0.101 e. The summed E-state index contributed by atoms with van der Waals surface area (Å²) in [6.07, 6.45) is 12.2. The van der Waals surface area contributed by atoms with Gasteiger partial charge in [0.05, 0.1) is 11.1 Å². The molecule has 0 aromatic carbocycles. The van der Waals surface area contributed by atoms with Crippen molar-refractivity contribution < 1.29 is 0 Å². The van der Waals surface area contributed by atoms with Crippen LogP contribution in [0, 0.1) is 22.7 Å². The van der Waals surface area contributed by atoms with Crippen molar-refractivity contribution in [3.05, 3.63) is 58.7 Å². The van der Waals surface area contributed by atoms with E-state index >= 15 is 0 Å². The second kappa shape index (κ2) is 3.82. The Bertz CT molecular complexity index is 478. The van der Waals surface area contributed by atoms with Crippen molar-refractivity contribution in [3.63, 3.8) is 0 Å². The number of hydrogen-bond acceptors (Lipinski definition) is 2. The lowest BCUT2D eigenvalue weighted by Crippen LogP contribution is -1.82. The van der Waals surface area contributed by atoms with Gasteiger partial charge >= 0.3 is 0 Å². The fourth-order valence-corrected chi connectivity index (χ4v) is 1.62. The molecule has 70 valence electrons. The molecule has 0 radical (unpaired) electrons. The summed E-state index contributed by atoms with van der Waals surface area (Å²) in [4.78, 5) is 0. The Morgan fingerprint density at radius 2 is 1.33 bits per heavy atom. The third-order valence-corrected chi connectivity index (χ3v) is 2.33. The molecule has 0 fully saturated rings. The van der Waals surface area contributed by atoms with Crippen molar-refractivity contribution in [1.29, 1.82) is 10.5 Å². The molecule has 2 rings (SSSR count). The van der Waals surface area contributed by atoms with Gasteiger partial charge in [0.15, 0.2) is 0 Å². The predicted molar refractivity (Wildman–Crippen MR) is 57.3 cm³/mol. The lowest BCUT2D eigenvalue weighted by atomic mass is 10.1. The average Bonchev–Trinajstić information content (AvgIpc) is 2.58. The Balaban J connectivity index is 2.61. The molecule has 0 atom stereocenters. The van der Waals surface area contributed by atoms with E-state index in [1.807, 2.05) is 24.3 Å². The van der Waals surface area contributed by atoms with Crippen LogP contribution in [0.2, 0.25) is 0 Å². The minimum atomic E-state index is 0.447. The average molecular weight is 192 g/mol. The Morgan fingerprint density at radius 3 is 1.73 bits per heavy atom. The van der Waals surface area contributed by atoms with Gasteiger partial charge in [-0.2, -0.15) is 10.5 Å². The molecule has 2 aliphatic carbocycles. The normalized spacial score (nSPS) is 18.3. The third-order valence-electron chi connectivity index (χ3n) is 2.33. The predicted octanol–water partition coefficient (Wildman–Crippen LogP) is 2.71. The highest BCUT2D eigenvalue weighted by Crippen LogP contribution is 2.26. The molecule has 0 saturated heterocycles. The molecule has 0 aromatic heterocycles. The summed E-state index contributed by atoms with van der Waals surface area (Å²) in [5.74, 6) is 0. The molecular weight excluding hydrogens is 184 g/mol. The second-order valence-corrected chi connectivity index (χ2v) is 3.38. The van der Waals surface area contributed by atoms with Crippen LogP contribution in [0.15, 0.2) is 58.7 Å². The number of nitrogens with zero attached hydrogens (tertiary/aromatic N) is 2. The summed E-state index contributed by atoms with van der Waals surface area (Å²) in [5.41, 5.74) is 3.02. The van der Waals surface area contributed by atoms with Crippen LogP contribution in [0.25, 0.3) is 0 Å². The van der Waals surface area contributed by atoms with Crippen molar-refractivity contribution >= 4 is 0 Å². The van der Waals surface area contributed by atoms with Crippen LogP contribution in [0.1, 0.15) is 6.42 Å². The van der Waals surface area contributed by atoms with Crippen LogP contribution in [0.4, 0.5) is 0 Å². The van der Waals surface area contributed by atoms with Gasteiger partial charge < -0.3 is 0 Å². The molecule has 15 heavy (non-hydrogen) atoms. The van der Waals surface area contributed by atoms with E-state index in [-0.39, 0.29) is 0 Å². The van der Waals surface area contributed by atoms with E-state index in [1.165, 1.54) is 0 Å². The molecule has 2 heteroatoms. The van der Waals surface area contributed by atoms with Gasteiger partial charge in [-0.15, -0.1) is 0 Å². The van der Waals surface area contributed by atoms with E-state index in [9.17, 15) is 0 Å². The van der Waals surface area contributed by atoms with E-state index < -0.39 is 0 Å². The molecular formula is C13H8N2. The first-order valence-corrected chi connectivity index (χ1v) is 4.64. The molecule has 2 aliphatic rings. The van der Waals surface area contributed by atoms with E-state index in [4.69, 9.17) is 10.5 Å². The number of fused-ring (bicyclic) bond motifs is 2. The van der Waals surface area contributed by atoms with Crippen molar-refractivity contribution in [3.8, 4) is 12.1 Å². The zero-order valence-corrected chi connectivity index (χ0v) is 8.07. The molecule has 0 aliphatic heterocycles. The highest BCUT2D eigenvalue weighted by atomic mass is 14.3. The van der Waals surface area contributed by atoms with Gasteiger partial charge in [0.2, 0.25) is 0 Å². The first-order valence-electron chi connectivity index (χ1n) is 4.64. The van der Waals surface area contributed by atoms with Crippen LogP contribution in [0.5, 0.6) is 0 Å². The highest BCUT2D eigenvalue weighted by molar-refractivity contribution is 5.59. The van der Waals surface area contributed by atoms with Gasteiger partial charge in [-0.05, 0) is 29.7 Å². The number of hydrogen-bond donors (Lipinski definition) is 0. The standard InChI is InChI=1S/C13H8N2/c14-8-12-6-10-3-1-2-4-11(5-10)7-13(12)9-15/h1-4,6-7H,5H2. The van der Waals surface area contributed by atoms with Gasteiger partial charge in [-0.1, -0.05) is 24.3 Å². The van der Waals surface area contributed by atoms with Crippen LogP contribution in [-0.2, 0) is 0 Å². The molecule has 0 saturated carbocycles. The fourth-order valence-electron chi connectivity index (χ4n) is 1.62. The van der Waals surface area contributed by atoms with Crippen molar-refractivity contribution in [2.75, 3.05) is 0 Å². The van der Waals surface area contributed by atoms with Crippen LogP contribution < -0.4 is 0 Å². The van der Waals surface area contributed by atoms with Crippen LogP contribution >= 0.6 is 0 Å². The largest absolute Gasteiger partial charge is 0.192 e. The van der Waals surface area contributed by atoms with Crippen molar-refractivity contribution in [2.24, 2.45) is 0 Å². The third kappa shape index (κ3) is 1.80. The summed E-state index contributed by atoms with van der Waals surface area (Å²) < 4.78 is 0. The number of nitriles is 2. The Labute approximate surface area is 88.4 Å². The summed E-state index contributed by atoms with van der Waals surface area (Å²) in [6.45, 7) is 0. The zero-order valence-electron chi connectivity index (χ0n) is 8.07. The van der Waals surface area contributed by atoms with Crippen LogP contribution in [-0.4, -0.2) is 0 Å². The summed E-state index contributed by atoms with van der Waals surface area (Å²) in [5, 5.41) is 17.9. The molecule has 0 unspecified atom stereocenters. The topological polar surface area (TPSA) is 47.6 Å². The summed E-state index contributed by atoms with van der Waals surface area (Å²) in [7, 11) is 0. The first kappa shape index (κ1) is 9.24. The minimum Gasteiger partial charge on any atom is -0.192 e. The molecule has 0 heterocycles. The monoisotopic (exact) mass is 192 g/mol. The van der Waals surface area contributed by atoms with Gasteiger partial charge in [0.25, 0.3) is 0 Å². The first-order chi connectivity index (χ1) is 7.33. The molecule has 0 N–H and O–H groups in total. The highest BCUT2D eigenvalue weighted by Gasteiger charge is 2.12. The fraction of sp³-hybridized carbons (Fsp3) is 0.0769. The summed E-state index contributed by atoms with van der Waals surface area (Å²) in [6, 6.07) is 4.11. The number of rotatable bonds is 0. The SMILES string of the molecule is N#CC1=CC2=CC=CC=C(C=C1C#N)C2. The van der Waals surface area contributed by atoms with E-state index in [0.717, 1.165) is 17.6 Å². The molecule has 0 amide bonds. The quantitative estimate of drug-likeness (QED) is 0.592. The van der Waals surface area contributed by atoms with Gasteiger partial charge in [-0.25, -0.2) is 0 Å². The van der Waals surface area contributed by atoms with E-state index in [2.05, 4.69) is 12.1 Å². The lowest BCUT2D eigenvalue weighted by molar-refractivity contribution is 1.22. The lowest BCUT2D eigenvalue weighted by Gasteiger charge is -1.97. The van der Waals surface area contributed by atoms with Gasteiger partial charge in [-0.3, -0.25) is 0 Å². The Hall–Kier alpha value is -2.32. The molecule has 2 nitrogen and oxygen atoms in total. The smallest absolute Gasteiger partial charge is 0.101 e. The maximum atomic E-state index is 8.93. The van der Waals surface area contributed by atoms with E-state index in [1.54, 1.807) is 12.2 Å². The Kier molecular flexibility index (Phi) is 2.35. The Morgan fingerprint density at radius 1 is 0.867 bits per heavy atom. The molecule has 0 spiro atoms. The van der Waals surface area contributed by atoms with E-state index in [0.29, 0.717) is 11.1 Å². The molecule has 2 bridgehead atoms. The zero-order chi connectivity index (χ0) is 10.7.